The van der Waals surface area contributed by atoms with Gasteiger partial charge in [0.1, 0.15) is 5.82 Å². The van der Waals surface area contributed by atoms with Crippen molar-refractivity contribution in [3.05, 3.63) is 29.6 Å². The Kier molecular flexibility index (Phi) is 6.88. The minimum Gasteiger partial charge on any atom is -0.330 e. The van der Waals surface area contributed by atoms with Gasteiger partial charge in [0.15, 0.2) is 0 Å². The van der Waals surface area contributed by atoms with Gasteiger partial charge in [0.2, 0.25) is 10.0 Å². The largest absolute Gasteiger partial charge is 0.417 e. The molecule has 0 atom stereocenters. The Labute approximate surface area is 119 Å². The van der Waals surface area contributed by atoms with Gasteiger partial charge in [0, 0.05) is 6.54 Å². The number of alkyl halides is 3. The molecule has 10 heteroatoms. The lowest BCUT2D eigenvalue weighted by Gasteiger charge is -2.13. The normalized spacial score (nSPS) is 12.1. The van der Waals surface area contributed by atoms with E-state index >= 15 is 0 Å². The average molecular weight is 337 g/mol. The lowest BCUT2D eigenvalue weighted by molar-refractivity contribution is -0.140. The molecule has 0 fully saturated rings. The summed E-state index contributed by atoms with van der Waals surface area (Å²) in [7, 11) is -4.36. The van der Waals surface area contributed by atoms with E-state index in [2.05, 4.69) is 0 Å². The molecule has 0 aliphatic rings. The van der Waals surface area contributed by atoms with Crippen LogP contribution in [0.2, 0.25) is 0 Å². The first-order valence-electron chi connectivity index (χ1n) is 5.25. The third kappa shape index (κ3) is 4.89. The smallest absolute Gasteiger partial charge is 0.330 e. The van der Waals surface area contributed by atoms with Gasteiger partial charge in [-0.3, -0.25) is 0 Å². The van der Waals surface area contributed by atoms with Crippen LogP contribution in [0.1, 0.15) is 12.0 Å². The van der Waals surface area contributed by atoms with Crippen LogP contribution in [0.5, 0.6) is 0 Å². The number of sulfonamides is 1. The Hall–Kier alpha value is -0.900. The van der Waals surface area contributed by atoms with Gasteiger partial charge in [-0.15, -0.1) is 12.4 Å². The Bertz CT molecular complexity index is 549. The van der Waals surface area contributed by atoms with Crippen molar-refractivity contribution in [1.82, 2.24) is 4.72 Å². The minimum atomic E-state index is -4.96. The molecule has 0 amide bonds. The first kappa shape index (κ1) is 19.1. The van der Waals surface area contributed by atoms with Crippen molar-refractivity contribution in [3.8, 4) is 0 Å². The highest BCUT2D eigenvalue weighted by Gasteiger charge is 2.37. The van der Waals surface area contributed by atoms with Crippen molar-refractivity contribution < 1.29 is 26.0 Å². The van der Waals surface area contributed by atoms with E-state index in [4.69, 9.17) is 5.73 Å². The Balaban J connectivity index is 0.00000361. The fraction of sp³-hybridized carbons (Fsp3) is 0.400. The number of rotatable bonds is 5. The highest BCUT2D eigenvalue weighted by Crippen LogP contribution is 2.34. The van der Waals surface area contributed by atoms with Gasteiger partial charge in [-0.05, 0) is 31.2 Å². The minimum absolute atomic E-state index is 0. The Morgan fingerprint density at radius 3 is 2.35 bits per heavy atom. The zero-order chi connectivity index (χ0) is 14.7. The monoisotopic (exact) mass is 336 g/mol. The predicted molar refractivity (Wildman–Crippen MR) is 67.5 cm³/mol. The first-order chi connectivity index (χ1) is 8.68. The number of benzene rings is 1. The maximum absolute atomic E-state index is 12.8. The molecule has 0 bridgehead atoms. The van der Waals surface area contributed by atoms with Crippen molar-refractivity contribution in [2.24, 2.45) is 5.73 Å². The maximum atomic E-state index is 12.8. The van der Waals surface area contributed by atoms with Crippen LogP contribution in [0.3, 0.4) is 0 Å². The number of nitrogens with two attached hydrogens (primary N) is 1. The van der Waals surface area contributed by atoms with E-state index in [1.807, 2.05) is 4.72 Å². The quantitative estimate of drug-likeness (QED) is 0.637. The van der Waals surface area contributed by atoms with Crippen molar-refractivity contribution in [3.63, 3.8) is 0 Å². The molecule has 0 aliphatic carbocycles. The molecule has 0 spiro atoms. The molecule has 0 saturated heterocycles. The van der Waals surface area contributed by atoms with Gasteiger partial charge >= 0.3 is 6.18 Å². The van der Waals surface area contributed by atoms with Crippen molar-refractivity contribution in [1.29, 1.82) is 0 Å². The molecule has 1 aromatic rings. The van der Waals surface area contributed by atoms with E-state index in [0.29, 0.717) is 12.1 Å². The van der Waals surface area contributed by atoms with E-state index in [0.717, 1.165) is 0 Å². The van der Waals surface area contributed by atoms with Crippen LogP contribution in [-0.2, 0) is 16.2 Å². The van der Waals surface area contributed by atoms with E-state index < -0.39 is 32.5 Å². The highest BCUT2D eigenvalue weighted by molar-refractivity contribution is 7.89. The van der Waals surface area contributed by atoms with E-state index in [1.54, 1.807) is 0 Å². The lowest BCUT2D eigenvalue weighted by atomic mass is 10.2. The molecule has 0 saturated carbocycles. The van der Waals surface area contributed by atoms with E-state index in [-0.39, 0.29) is 38.0 Å². The summed E-state index contributed by atoms with van der Waals surface area (Å²) in [5.41, 5.74) is 3.62. The second kappa shape index (κ2) is 7.21. The maximum Gasteiger partial charge on any atom is 0.417 e. The highest BCUT2D eigenvalue weighted by atomic mass is 35.5. The summed E-state index contributed by atoms with van der Waals surface area (Å²) in [5, 5.41) is 0. The molecule has 116 valence electrons. The molecule has 1 aromatic carbocycles. The molecule has 0 aromatic heterocycles. The molecule has 20 heavy (non-hydrogen) atoms. The van der Waals surface area contributed by atoms with Crippen LogP contribution in [-0.4, -0.2) is 21.5 Å². The van der Waals surface area contributed by atoms with Gasteiger partial charge in [0.25, 0.3) is 0 Å². The summed E-state index contributed by atoms with van der Waals surface area (Å²) in [5.74, 6) is -1.16. The Morgan fingerprint density at radius 1 is 1.25 bits per heavy atom. The number of hydrogen-bond acceptors (Lipinski definition) is 3. The number of nitrogens with one attached hydrogen (secondary N) is 1. The SMILES string of the molecule is Cl.NCCCNS(=O)(=O)c1ccc(F)cc1C(F)(F)F. The predicted octanol–water partition coefficient (Wildman–Crippen LogP) is 1.89. The van der Waals surface area contributed by atoms with Crippen molar-refractivity contribution >= 4 is 22.4 Å². The molecule has 4 nitrogen and oxygen atoms in total. The molecular formula is C10H13ClF4N2O2S. The molecular weight excluding hydrogens is 324 g/mol. The zero-order valence-electron chi connectivity index (χ0n) is 10.1. The fourth-order valence-electron chi connectivity index (χ4n) is 1.34. The molecule has 3 N–H and O–H groups in total. The summed E-state index contributed by atoms with van der Waals surface area (Å²) in [4.78, 5) is -1.00. The van der Waals surface area contributed by atoms with Crippen molar-refractivity contribution in [2.45, 2.75) is 17.5 Å². The van der Waals surface area contributed by atoms with Crippen LogP contribution in [0.4, 0.5) is 17.6 Å². The summed E-state index contributed by atoms with van der Waals surface area (Å²) >= 11 is 0. The first-order valence-corrected chi connectivity index (χ1v) is 6.73. The van der Waals surface area contributed by atoms with E-state index in [1.165, 1.54) is 0 Å². The van der Waals surface area contributed by atoms with Crippen molar-refractivity contribution in [2.75, 3.05) is 13.1 Å². The fourth-order valence-corrected chi connectivity index (χ4v) is 2.62. The topological polar surface area (TPSA) is 72.2 Å². The van der Waals surface area contributed by atoms with E-state index in [9.17, 15) is 26.0 Å². The summed E-state index contributed by atoms with van der Waals surface area (Å²) in [6.45, 7) is 0.103. The van der Waals surface area contributed by atoms with Gasteiger partial charge in [-0.1, -0.05) is 0 Å². The molecule has 0 aliphatic heterocycles. The summed E-state index contributed by atoms with van der Waals surface area (Å²) < 4.78 is 76.2. The van der Waals surface area contributed by atoms with Crippen LogP contribution in [0.15, 0.2) is 23.1 Å². The average Bonchev–Trinajstić information content (AvgIpc) is 2.27. The van der Waals surface area contributed by atoms with Gasteiger partial charge < -0.3 is 5.73 Å². The van der Waals surface area contributed by atoms with Gasteiger partial charge in [0.05, 0.1) is 10.5 Å². The molecule has 0 unspecified atom stereocenters. The third-order valence-electron chi connectivity index (χ3n) is 2.21. The molecule has 1 rings (SSSR count). The number of hydrogen-bond donors (Lipinski definition) is 2. The van der Waals surface area contributed by atoms with Gasteiger partial charge in [-0.25, -0.2) is 17.5 Å². The van der Waals surface area contributed by atoms with Crippen LogP contribution < -0.4 is 10.5 Å². The lowest BCUT2D eigenvalue weighted by Crippen LogP contribution is -2.28. The third-order valence-corrected chi connectivity index (χ3v) is 3.73. The standard InChI is InChI=1S/C10H12F4N2O2S.ClH/c11-7-2-3-9(8(6-7)10(12,13)14)19(17,18)16-5-1-4-15;/h2-3,6,16H,1,4-5,15H2;1H. The summed E-state index contributed by atoms with van der Waals surface area (Å²) in [6.07, 6.45) is -4.68. The molecule has 0 heterocycles. The Morgan fingerprint density at radius 2 is 1.85 bits per heavy atom. The molecule has 0 radical (unpaired) electrons. The zero-order valence-corrected chi connectivity index (χ0v) is 11.7. The van der Waals surface area contributed by atoms with Gasteiger partial charge in [-0.2, -0.15) is 13.2 Å². The second-order valence-corrected chi connectivity index (χ2v) is 5.41. The number of halogens is 5. The van der Waals surface area contributed by atoms with Crippen LogP contribution in [0, 0.1) is 5.82 Å². The second-order valence-electron chi connectivity index (χ2n) is 3.68. The summed E-state index contributed by atoms with van der Waals surface area (Å²) in [6, 6.07) is 1.40. The van der Waals surface area contributed by atoms with Crippen LogP contribution in [0.25, 0.3) is 0 Å². The van der Waals surface area contributed by atoms with Crippen LogP contribution >= 0.6 is 12.4 Å².